The number of benzene rings is 1. The lowest BCUT2D eigenvalue weighted by Crippen LogP contribution is -2.33. The lowest BCUT2D eigenvalue weighted by atomic mass is 9.76. The predicted molar refractivity (Wildman–Crippen MR) is 106 cm³/mol. The Morgan fingerprint density at radius 3 is 2.64 bits per heavy atom. The number of rotatable bonds is 2. The molecule has 0 atom stereocenters. The molecule has 0 radical (unpaired) electrons. The van der Waals surface area contributed by atoms with Gasteiger partial charge in [0, 0.05) is 20.1 Å². The molecule has 25 heavy (non-hydrogen) atoms. The Bertz CT molecular complexity index is 879. The standard InChI is InChI=1S/C21H22O2S2/c1-20(2)13-21(3,4)25-18-10-6-14(11-17(18)20)5-7-15-8-9-16(24-15)12-19(22)23/h6,8-11H,12-13H2,1-4H3,(H,22,23). The van der Waals surface area contributed by atoms with Crippen molar-refractivity contribution in [3.8, 4) is 11.8 Å². The zero-order valence-corrected chi connectivity index (χ0v) is 16.6. The molecule has 0 unspecified atom stereocenters. The summed E-state index contributed by atoms with van der Waals surface area (Å²) in [6.45, 7) is 9.23. The van der Waals surface area contributed by atoms with Gasteiger partial charge in [0.15, 0.2) is 0 Å². The lowest BCUT2D eigenvalue weighted by molar-refractivity contribution is -0.136. The number of carbonyl (C=O) groups is 1. The number of carboxylic acid groups (broad SMARTS) is 1. The molecule has 1 aliphatic heterocycles. The van der Waals surface area contributed by atoms with Crippen LogP contribution >= 0.6 is 23.1 Å². The van der Waals surface area contributed by atoms with Crippen molar-refractivity contribution in [2.75, 3.05) is 0 Å². The maximum absolute atomic E-state index is 10.8. The van der Waals surface area contributed by atoms with E-state index in [9.17, 15) is 4.79 Å². The van der Waals surface area contributed by atoms with Gasteiger partial charge in [-0.15, -0.1) is 23.1 Å². The third kappa shape index (κ3) is 4.29. The van der Waals surface area contributed by atoms with Crippen LogP contribution in [0.1, 0.15) is 55.0 Å². The summed E-state index contributed by atoms with van der Waals surface area (Å²) in [6, 6.07) is 10.2. The summed E-state index contributed by atoms with van der Waals surface area (Å²) in [5.74, 6) is 5.61. The van der Waals surface area contributed by atoms with E-state index in [1.54, 1.807) is 0 Å². The van der Waals surface area contributed by atoms with Crippen molar-refractivity contribution < 1.29 is 9.90 Å². The number of carboxylic acids is 1. The van der Waals surface area contributed by atoms with Crippen LogP contribution in [0.2, 0.25) is 0 Å². The van der Waals surface area contributed by atoms with Crippen molar-refractivity contribution in [1.29, 1.82) is 0 Å². The fourth-order valence-electron chi connectivity index (χ4n) is 3.54. The molecule has 0 fully saturated rings. The molecule has 0 saturated heterocycles. The first kappa shape index (κ1) is 18.1. The largest absolute Gasteiger partial charge is 0.481 e. The summed E-state index contributed by atoms with van der Waals surface area (Å²) in [7, 11) is 0. The highest BCUT2D eigenvalue weighted by Crippen LogP contribution is 2.50. The average molecular weight is 371 g/mol. The van der Waals surface area contributed by atoms with E-state index < -0.39 is 5.97 Å². The molecular formula is C21H22O2S2. The Labute approximate surface area is 157 Å². The van der Waals surface area contributed by atoms with Crippen molar-refractivity contribution in [2.45, 2.75) is 55.6 Å². The summed E-state index contributed by atoms with van der Waals surface area (Å²) in [6.07, 6.45) is 1.20. The second kappa shape index (κ2) is 6.55. The maximum Gasteiger partial charge on any atom is 0.308 e. The van der Waals surface area contributed by atoms with E-state index in [-0.39, 0.29) is 16.6 Å². The monoisotopic (exact) mass is 370 g/mol. The van der Waals surface area contributed by atoms with Gasteiger partial charge in [-0.25, -0.2) is 0 Å². The number of fused-ring (bicyclic) bond motifs is 1. The van der Waals surface area contributed by atoms with E-state index in [4.69, 9.17) is 5.11 Å². The van der Waals surface area contributed by atoms with Crippen molar-refractivity contribution >= 4 is 29.1 Å². The van der Waals surface area contributed by atoms with Crippen molar-refractivity contribution in [1.82, 2.24) is 0 Å². The van der Waals surface area contributed by atoms with Crippen LogP contribution in [0.15, 0.2) is 35.2 Å². The molecule has 1 aromatic carbocycles. The number of thioether (sulfide) groups is 1. The van der Waals surface area contributed by atoms with Crippen molar-refractivity contribution in [3.05, 3.63) is 51.2 Å². The summed E-state index contributed by atoms with van der Waals surface area (Å²) >= 11 is 3.40. The average Bonchev–Trinajstić information content (AvgIpc) is 2.90. The van der Waals surface area contributed by atoms with Crippen LogP contribution in [0.5, 0.6) is 0 Å². The van der Waals surface area contributed by atoms with Gasteiger partial charge in [0.05, 0.1) is 11.3 Å². The van der Waals surface area contributed by atoms with Gasteiger partial charge in [-0.1, -0.05) is 39.5 Å². The minimum atomic E-state index is -0.807. The van der Waals surface area contributed by atoms with Gasteiger partial charge in [0.1, 0.15) is 0 Å². The Balaban J connectivity index is 1.87. The number of hydrogen-bond donors (Lipinski definition) is 1. The van der Waals surface area contributed by atoms with Crippen LogP contribution in [-0.2, 0) is 16.6 Å². The number of hydrogen-bond acceptors (Lipinski definition) is 3. The Morgan fingerprint density at radius 1 is 1.16 bits per heavy atom. The van der Waals surface area contributed by atoms with Crippen LogP contribution in [-0.4, -0.2) is 15.8 Å². The highest BCUT2D eigenvalue weighted by Gasteiger charge is 2.37. The first-order chi connectivity index (χ1) is 11.6. The molecule has 3 rings (SSSR count). The normalized spacial score (nSPS) is 17.3. The molecular weight excluding hydrogens is 348 g/mol. The molecule has 4 heteroatoms. The summed E-state index contributed by atoms with van der Waals surface area (Å²) in [5, 5.41) is 8.85. The third-order valence-corrected chi connectivity index (χ3v) is 6.55. The topological polar surface area (TPSA) is 37.3 Å². The minimum Gasteiger partial charge on any atom is -0.481 e. The predicted octanol–water partition coefficient (Wildman–Crippen LogP) is 5.33. The van der Waals surface area contributed by atoms with Crippen LogP contribution in [0.25, 0.3) is 0 Å². The van der Waals surface area contributed by atoms with E-state index in [0.717, 1.165) is 21.7 Å². The second-order valence-electron chi connectivity index (χ2n) is 7.72. The van der Waals surface area contributed by atoms with E-state index in [0.29, 0.717) is 0 Å². The quantitative estimate of drug-likeness (QED) is 0.726. The van der Waals surface area contributed by atoms with Crippen LogP contribution in [0, 0.1) is 11.8 Å². The third-order valence-electron chi connectivity index (χ3n) is 4.28. The summed E-state index contributed by atoms with van der Waals surface area (Å²) in [4.78, 5) is 13.9. The van der Waals surface area contributed by atoms with Gasteiger partial charge < -0.3 is 5.11 Å². The molecule has 0 aliphatic carbocycles. The van der Waals surface area contributed by atoms with Crippen molar-refractivity contribution in [2.24, 2.45) is 0 Å². The molecule has 1 aromatic heterocycles. The van der Waals surface area contributed by atoms with Crippen LogP contribution < -0.4 is 0 Å². The Kier molecular flexibility index (Phi) is 4.74. The summed E-state index contributed by atoms with van der Waals surface area (Å²) < 4.78 is 0.251. The SMILES string of the molecule is CC1(C)CC(C)(C)c2cc(C#Cc3ccc(CC(=O)O)s3)ccc2S1. The van der Waals surface area contributed by atoms with E-state index >= 15 is 0 Å². The molecule has 0 bridgehead atoms. The molecule has 0 amide bonds. The van der Waals surface area contributed by atoms with Gasteiger partial charge in [0.25, 0.3) is 0 Å². The van der Waals surface area contributed by atoms with Crippen molar-refractivity contribution in [3.63, 3.8) is 0 Å². The van der Waals surface area contributed by atoms with E-state index in [1.807, 2.05) is 23.9 Å². The fourth-order valence-corrected chi connectivity index (χ4v) is 6.00. The lowest BCUT2D eigenvalue weighted by Gasteiger charge is -2.41. The zero-order valence-electron chi connectivity index (χ0n) is 15.0. The zero-order chi connectivity index (χ0) is 18.2. The van der Waals surface area contributed by atoms with Gasteiger partial charge in [-0.3, -0.25) is 4.79 Å². The summed E-state index contributed by atoms with van der Waals surface area (Å²) in [5.41, 5.74) is 2.53. The molecule has 2 aromatic rings. The highest BCUT2D eigenvalue weighted by atomic mass is 32.2. The van der Waals surface area contributed by atoms with Crippen LogP contribution in [0.4, 0.5) is 0 Å². The van der Waals surface area contributed by atoms with Gasteiger partial charge in [-0.05, 0) is 47.7 Å². The smallest absolute Gasteiger partial charge is 0.308 e. The van der Waals surface area contributed by atoms with Gasteiger partial charge in [-0.2, -0.15) is 0 Å². The molecule has 0 saturated carbocycles. The molecule has 2 nitrogen and oxygen atoms in total. The highest BCUT2D eigenvalue weighted by molar-refractivity contribution is 8.00. The number of thiophene rings is 1. The number of aliphatic carboxylic acids is 1. The molecule has 1 aliphatic rings. The molecule has 130 valence electrons. The molecule has 2 heterocycles. The minimum absolute atomic E-state index is 0.0619. The Morgan fingerprint density at radius 2 is 1.92 bits per heavy atom. The van der Waals surface area contributed by atoms with Gasteiger partial charge in [0.2, 0.25) is 0 Å². The van der Waals surface area contributed by atoms with E-state index in [1.165, 1.54) is 21.8 Å². The molecule has 0 spiro atoms. The van der Waals surface area contributed by atoms with Gasteiger partial charge >= 0.3 is 5.97 Å². The first-order valence-electron chi connectivity index (χ1n) is 8.31. The maximum atomic E-state index is 10.8. The molecule has 1 N–H and O–H groups in total. The Hall–Kier alpha value is -1.70. The fraction of sp³-hybridized carbons (Fsp3) is 0.381. The van der Waals surface area contributed by atoms with E-state index in [2.05, 4.69) is 57.7 Å². The van der Waals surface area contributed by atoms with Crippen LogP contribution in [0.3, 0.4) is 0 Å². The first-order valence-corrected chi connectivity index (χ1v) is 9.94. The second-order valence-corrected chi connectivity index (χ2v) is 10.6.